The molecule has 0 saturated heterocycles. The molecule has 0 aliphatic carbocycles. The van der Waals surface area contributed by atoms with Crippen molar-refractivity contribution < 1.29 is 17.6 Å². The summed E-state index contributed by atoms with van der Waals surface area (Å²) in [6.07, 6.45) is -2.83. The molecular formula is C10H6BrF3OS. The molecule has 0 aliphatic rings. The zero-order valence-electron chi connectivity index (χ0n) is 8.06. The summed E-state index contributed by atoms with van der Waals surface area (Å²) >= 11 is 4.14. The van der Waals surface area contributed by atoms with Gasteiger partial charge in [0.2, 0.25) is 0 Å². The lowest BCUT2D eigenvalue weighted by Gasteiger charge is -2.05. The van der Waals surface area contributed by atoms with Crippen molar-refractivity contribution in [2.45, 2.75) is 11.3 Å². The average molecular weight is 311 g/mol. The second-order valence-electron chi connectivity index (χ2n) is 3.11. The predicted octanol–water partition coefficient (Wildman–Crippen LogP) is 4.94. The fourth-order valence-electron chi connectivity index (χ4n) is 1.46. The number of benzene rings is 1. The number of thioether (sulfide) groups is 1. The van der Waals surface area contributed by atoms with Crippen LogP contribution in [-0.4, -0.2) is 6.26 Å². The summed E-state index contributed by atoms with van der Waals surface area (Å²) in [5.41, 5.74) is -0.450. The van der Waals surface area contributed by atoms with Gasteiger partial charge in [-0.1, -0.05) is 27.7 Å². The van der Waals surface area contributed by atoms with Gasteiger partial charge in [-0.05, 0) is 24.5 Å². The van der Waals surface area contributed by atoms with E-state index in [-0.39, 0.29) is 16.1 Å². The molecule has 6 heteroatoms. The number of fused-ring (bicyclic) bond motifs is 1. The topological polar surface area (TPSA) is 13.1 Å². The van der Waals surface area contributed by atoms with Gasteiger partial charge in [0.1, 0.15) is 11.1 Å². The Bertz CT molecular complexity index is 533. The molecule has 0 fully saturated rings. The normalized spacial score (nSPS) is 12.3. The van der Waals surface area contributed by atoms with E-state index in [0.717, 1.165) is 11.8 Å². The van der Waals surface area contributed by atoms with Gasteiger partial charge in [-0.2, -0.15) is 13.2 Å². The van der Waals surface area contributed by atoms with Crippen LogP contribution in [-0.2, 0) is 6.18 Å². The highest BCUT2D eigenvalue weighted by Gasteiger charge is 2.38. The van der Waals surface area contributed by atoms with Crippen molar-refractivity contribution in [2.24, 2.45) is 0 Å². The molecule has 0 radical (unpaired) electrons. The molecule has 1 aromatic heterocycles. The molecule has 2 aromatic rings. The summed E-state index contributed by atoms with van der Waals surface area (Å²) in [6, 6.07) is 4.51. The Kier molecular flexibility index (Phi) is 2.96. The molecule has 0 unspecified atom stereocenters. The van der Waals surface area contributed by atoms with Crippen LogP contribution in [0.15, 0.2) is 32.2 Å². The van der Waals surface area contributed by atoms with E-state index < -0.39 is 11.7 Å². The number of rotatable bonds is 1. The van der Waals surface area contributed by atoms with E-state index in [9.17, 15) is 13.2 Å². The van der Waals surface area contributed by atoms with Crippen LogP contribution in [0.2, 0.25) is 0 Å². The second kappa shape index (κ2) is 4.00. The van der Waals surface area contributed by atoms with E-state index in [1.807, 2.05) is 0 Å². The summed E-state index contributed by atoms with van der Waals surface area (Å²) in [4.78, 5) is 0. The maximum atomic E-state index is 12.8. The Hall–Kier alpha value is -0.620. The van der Waals surface area contributed by atoms with Crippen LogP contribution < -0.4 is 0 Å². The van der Waals surface area contributed by atoms with Crippen LogP contribution in [0.4, 0.5) is 13.2 Å². The first-order valence-corrected chi connectivity index (χ1v) is 6.28. The molecule has 2 rings (SSSR count). The smallest absolute Gasteiger partial charge is 0.421 e. The van der Waals surface area contributed by atoms with Crippen LogP contribution >= 0.6 is 27.7 Å². The third kappa shape index (κ3) is 1.96. The van der Waals surface area contributed by atoms with Gasteiger partial charge in [-0.25, -0.2) is 0 Å². The van der Waals surface area contributed by atoms with Gasteiger partial charge in [0, 0.05) is 9.86 Å². The van der Waals surface area contributed by atoms with Gasteiger partial charge in [0.15, 0.2) is 5.09 Å². The molecule has 0 bridgehead atoms. The number of hydrogen-bond donors (Lipinski definition) is 0. The fourth-order valence-corrected chi connectivity index (χ4v) is 2.40. The zero-order valence-corrected chi connectivity index (χ0v) is 10.5. The number of halogens is 4. The molecule has 0 spiro atoms. The Morgan fingerprint density at radius 1 is 1.31 bits per heavy atom. The van der Waals surface area contributed by atoms with Gasteiger partial charge >= 0.3 is 6.18 Å². The highest BCUT2D eigenvalue weighted by molar-refractivity contribution is 9.10. The summed E-state index contributed by atoms with van der Waals surface area (Å²) in [7, 11) is 0. The van der Waals surface area contributed by atoms with Gasteiger partial charge in [-0.15, -0.1) is 0 Å². The first-order valence-electron chi connectivity index (χ1n) is 4.26. The van der Waals surface area contributed by atoms with E-state index in [2.05, 4.69) is 15.9 Å². The van der Waals surface area contributed by atoms with Crippen molar-refractivity contribution in [3.63, 3.8) is 0 Å². The first kappa shape index (κ1) is 11.9. The van der Waals surface area contributed by atoms with Crippen LogP contribution in [0.5, 0.6) is 0 Å². The molecule has 0 saturated carbocycles. The quantitative estimate of drug-likeness (QED) is 0.692. The highest BCUT2D eigenvalue weighted by Crippen LogP contribution is 2.43. The summed E-state index contributed by atoms with van der Waals surface area (Å²) in [5.74, 6) is 0. The van der Waals surface area contributed by atoms with Gasteiger partial charge in [0.25, 0.3) is 0 Å². The van der Waals surface area contributed by atoms with Gasteiger partial charge in [0.05, 0.1) is 0 Å². The number of hydrogen-bond acceptors (Lipinski definition) is 2. The second-order valence-corrected chi connectivity index (χ2v) is 4.80. The van der Waals surface area contributed by atoms with E-state index in [4.69, 9.17) is 4.42 Å². The van der Waals surface area contributed by atoms with Crippen molar-refractivity contribution in [2.75, 3.05) is 6.26 Å². The van der Waals surface area contributed by atoms with Crippen molar-refractivity contribution in [1.29, 1.82) is 0 Å². The highest BCUT2D eigenvalue weighted by atomic mass is 79.9. The monoisotopic (exact) mass is 310 g/mol. The van der Waals surface area contributed by atoms with E-state index >= 15 is 0 Å². The minimum absolute atomic E-state index is 0.0967. The van der Waals surface area contributed by atoms with Gasteiger partial charge in [-0.3, -0.25) is 0 Å². The van der Waals surface area contributed by atoms with Crippen LogP contribution in [0.3, 0.4) is 0 Å². The molecule has 86 valence electrons. The molecular weight excluding hydrogens is 305 g/mol. The minimum Gasteiger partial charge on any atom is -0.449 e. The lowest BCUT2D eigenvalue weighted by atomic mass is 10.2. The fraction of sp³-hybridized carbons (Fsp3) is 0.200. The summed E-state index contributed by atoms with van der Waals surface area (Å²) in [5, 5.41) is 0.000602. The van der Waals surface area contributed by atoms with Crippen LogP contribution in [0, 0.1) is 0 Å². The van der Waals surface area contributed by atoms with E-state index in [0.29, 0.717) is 4.47 Å². The molecule has 0 atom stereocenters. The predicted molar refractivity (Wildman–Crippen MR) is 60.7 cm³/mol. The average Bonchev–Trinajstić information content (AvgIpc) is 2.54. The Balaban J connectivity index is 2.79. The largest absolute Gasteiger partial charge is 0.449 e. The van der Waals surface area contributed by atoms with Gasteiger partial charge < -0.3 is 4.42 Å². The third-order valence-electron chi connectivity index (χ3n) is 2.09. The zero-order chi connectivity index (χ0) is 11.9. The third-order valence-corrected chi connectivity index (χ3v) is 3.24. The van der Waals surface area contributed by atoms with E-state index in [1.54, 1.807) is 12.3 Å². The maximum absolute atomic E-state index is 12.8. The van der Waals surface area contributed by atoms with Crippen LogP contribution in [0.1, 0.15) is 5.56 Å². The Morgan fingerprint density at radius 2 is 2.00 bits per heavy atom. The minimum atomic E-state index is -4.39. The molecule has 1 nitrogen and oxygen atoms in total. The van der Waals surface area contributed by atoms with Crippen molar-refractivity contribution >= 4 is 38.7 Å². The summed E-state index contributed by atoms with van der Waals surface area (Å²) in [6.45, 7) is 0. The number of alkyl halides is 3. The Morgan fingerprint density at radius 3 is 2.56 bits per heavy atom. The van der Waals surface area contributed by atoms with Crippen LogP contribution in [0.25, 0.3) is 11.0 Å². The molecule has 0 N–H and O–H groups in total. The molecule has 1 aromatic carbocycles. The lowest BCUT2D eigenvalue weighted by molar-refractivity contribution is -0.139. The molecule has 0 amide bonds. The van der Waals surface area contributed by atoms with Crippen molar-refractivity contribution in [3.05, 3.63) is 28.2 Å². The molecule has 1 heterocycles. The lowest BCUT2D eigenvalue weighted by Crippen LogP contribution is -2.04. The molecule has 0 aliphatic heterocycles. The van der Waals surface area contributed by atoms with E-state index in [1.165, 1.54) is 12.1 Å². The maximum Gasteiger partial charge on any atom is 0.421 e. The number of furan rings is 1. The SMILES string of the molecule is CSc1oc2cc(Br)ccc2c1C(F)(F)F. The Labute approximate surface area is 102 Å². The first-order chi connectivity index (χ1) is 7.43. The molecule has 16 heavy (non-hydrogen) atoms. The summed E-state index contributed by atoms with van der Waals surface area (Å²) < 4.78 is 44.3. The standard InChI is InChI=1S/C10H6BrF3OS/c1-16-9-8(10(12,13)14)6-3-2-5(11)4-7(6)15-9/h2-4H,1H3. The van der Waals surface area contributed by atoms with Crippen molar-refractivity contribution in [3.8, 4) is 0 Å². The van der Waals surface area contributed by atoms with Crippen molar-refractivity contribution in [1.82, 2.24) is 0 Å².